The number of aromatic nitrogens is 1. The molecule has 3 heteroatoms. The minimum Gasteiger partial charge on any atom is -0.385 e. The molecule has 1 aromatic rings. The Balaban J connectivity index is 2.23. The van der Waals surface area contributed by atoms with Gasteiger partial charge in [0.15, 0.2) is 0 Å². The van der Waals surface area contributed by atoms with Crippen LogP contribution < -0.4 is 0 Å². The summed E-state index contributed by atoms with van der Waals surface area (Å²) in [5.74, 6) is 0.173. The van der Waals surface area contributed by atoms with Crippen LogP contribution in [0.4, 0.5) is 4.39 Å². The van der Waals surface area contributed by atoms with E-state index in [2.05, 4.69) is 11.9 Å². The van der Waals surface area contributed by atoms with Gasteiger partial charge in [-0.1, -0.05) is 19.8 Å². The SMILES string of the molecule is CCC1CCCC(O)(c2cncc(F)c2)C1. The fourth-order valence-electron chi connectivity index (χ4n) is 2.64. The largest absolute Gasteiger partial charge is 0.385 e. The normalized spacial score (nSPS) is 30.3. The van der Waals surface area contributed by atoms with Crippen molar-refractivity contribution in [3.63, 3.8) is 0 Å². The van der Waals surface area contributed by atoms with Gasteiger partial charge in [0.25, 0.3) is 0 Å². The second-order valence-corrected chi connectivity index (χ2v) is 4.79. The topological polar surface area (TPSA) is 33.1 Å². The van der Waals surface area contributed by atoms with E-state index in [-0.39, 0.29) is 5.82 Å². The van der Waals surface area contributed by atoms with E-state index in [0.717, 1.165) is 19.3 Å². The Kier molecular flexibility index (Phi) is 3.24. The molecule has 2 atom stereocenters. The van der Waals surface area contributed by atoms with Gasteiger partial charge in [0, 0.05) is 11.8 Å². The van der Waals surface area contributed by atoms with Gasteiger partial charge >= 0.3 is 0 Å². The van der Waals surface area contributed by atoms with Crippen LogP contribution in [0.25, 0.3) is 0 Å². The molecule has 1 saturated carbocycles. The summed E-state index contributed by atoms with van der Waals surface area (Å²) < 4.78 is 13.1. The van der Waals surface area contributed by atoms with Crippen LogP contribution in [0, 0.1) is 11.7 Å². The second kappa shape index (κ2) is 4.50. The third-order valence-electron chi connectivity index (χ3n) is 3.65. The van der Waals surface area contributed by atoms with Gasteiger partial charge in [-0.25, -0.2) is 4.39 Å². The smallest absolute Gasteiger partial charge is 0.141 e. The molecule has 0 bridgehead atoms. The molecule has 2 unspecified atom stereocenters. The lowest BCUT2D eigenvalue weighted by Crippen LogP contribution is -2.32. The Hall–Kier alpha value is -0.960. The Morgan fingerprint density at radius 1 is 1.56 bits per heavy atom. The number of rotatable bonds is 2. The Bertz CT molecular complexity index is 369. The molecule has 0 radical (unpaired) electrons. The van der Waals surface area contributed by atoms with E-state index < -0.39 is 5.60 Å². The molecule has 88 valence electrons. The molecule has 16 heavy (non-hydrogen) atoms. The van der Waals surface area contributed by atoms with E-state index >= 15 is 0 Å². The molecule has 1 heterocycles. The number of nitrogens with zero attached hydrogens (tertiary/aromatic N) is 1. The molecule has 1 aliphatic rings. The first-order chi connectivity index (χ1) is 7.64. The summed E-state index contributed by atoms with van der Waals surface area (Å²) in [6.45, 7) is 2.14. The van der Waals surface area contributed by atoms with E-state index in [1.165, 1.54) is 18.7 Å². The predicted octanol–water partition coefficient (Wildman–Crippen LogP) is 3.01. The van der Waals surface area contributed by atoms with Crippen molar-refractivity contribution in [2.24, 2.45) is 5.92 Å². The molecule has 1 N–H and O–H groups in total. The van der Waals surface area contributed by atoms with Gasteiger partial charge in [-0.3, -0.25) is 4.98 Å². The van der Waals surface area contributed by atoms with Crippen molar-refractivity contribution in [2.45, 2.75) is 44.6 Å². The van der Waals surface area contributed by atoms with E-state index in [4.69, 9.17) is 0 Å². The van der Waals surface area contributed by atoms with Crippen LogP contribution in [0.1, 0.15) is 44.6 Å². The van der Waals surface area contributed by atoms with Crippen LogP contribution >= 0.6 is 0 Å². The van der Waals surface area contributed by atoms with Crippen molar-refractivity contribution in [3.05, 3.63) is 29.8 Å². The van der Waals surface area contributed by atoms with Crippen LogP contribution in [0.3, 0.4) is 0 Å². The summed E-state index contributed by atoms with van der Waals surface area (Å²) in [5.41, 5.74) is -0.237. The molecule has 1 fully saturated rings. The second-order valence-electron chi connectivity index (χ2n) is 4.79. The maximum Gasteiger partial charge on any atom is 0.141 e. The summed E-state index contributed by atoms with van der Waals surface area (Å²) in [6, 6.07) is 1.41. The number of halogens is 1. The van der Waals surface area contributed by atoms with Crippen LogP contribution in [-0.2, 0) is 5.60 Å². The van der Waals surface area contributed by atoms with E-state index in [9.17, 15) is 9.50 Å². The Morgan fingerprint density at radius 3 is 3.06 bits per heavy atom. The summed E-state index contributed by atoms with van der Waals surface area (Å²) in [7, 11) is 0. The van der Waals surface area contributed by atoms with Gasteiger partial charge in [0.05, 0.1) is 11.8 Å². The Labute approximate surface area is 95.5 Å². The average Bonchev–Trinajstić information content (AvgIpc) is 2.29. The van der Waals surface area contributed by atoms with Crippen molar-refractivity contribution in [3.8, 4) is 0 Å². The van der Waals surface area contributed by atoms with Crippen molar-refractivity contribution >= 4 is 0 Å². The Morgan fingerprint density at radius 2 is 2.38 bits per heavy atom. The number of pyridine rings is 1. The molecule has 0 aromatic carbocycles. The standard InChI is InChI=1S/C13H18FNO/c1-2-10-4-3-5-13(16,7-10)11-6-12(14)9-15-8-11/h6,8-10,16H,2-5,7H2,1H3. The monoisotopic (exact) mass is 223 g/mol. The number of hydrogen-bond acceptors (Lipinski definition) is 2. The maximum atomic E-state index is 13.1. The number of aliphatic hydroxyl groups is 1. The van der Waals surface area contributed by atoms with Gasteiger partial charge in [0.1, 0.15) is 5.82 Å². The first-order valence-corrected chi connectivity index (χ1v) is 5.97. The molecule has 2 rings (SSSR count). The maximum absolute atomic E-state index is 13.1. The zero-order chi connectivity index (χ0) is 11.6. The molecule has 0 aliphatic heterocycles. The van der Waals surface area contributed by atoms with E-state index in [0.29, 0.717) is 17.9 Å². The zero-order valence-electron chi connectivity index (χ0n) is 9.62. The van der Waals surface area contributed by atoms with E-state index in [1.807, 2.05) is 0 Å². The molecule has 2 nitrogen and oxygen atoms in total. The first kappa shape index (κ1) is 11.5. The fraction of sp³-hybridized carbons (Fsp3) is 0.615. The molecular formula is C13H18FNO. The van der Waals surface area contributed by atoms with Crippen LogP contribution in [0.15, 0.2) is 18.5 Å². The quantitative estimate of drug-likeness (QED) is 0.836. The highest BCUT2D eigenvalue weighted by Gasteiger charge is 2.35. The fourth-order valence-corrected chi connectivity index (χ4v) is 2.64. The summed E-state index contributed by atoms with van der Waals surface area (Å²) >= 11 is 0. The van der Waals surface area contributed by atoms with Gasteiger partial charge in [-0.2, -0.15) is 0 Å². The van der Waals surface area contributed by atoms with Crippen molar-refractivity contribution in [1.82, 2.24) is 4.98 Å². The van der Waals surface area contributed by atoms with Crippen molar-refractivity contribution < 1.29 is 9.50 Å². The molecule has 1 aliphatic carbocycles. The molecule has 0 spiro atoms. The third-order valence-corrected chi connectivity index (χ3v) is 3.65. The van der Waals surface area contributed by atoms with E-state index in [1.54, 1.807) is 6.20 Å². The summed E-state index contributed by atoms with van der Waals surface area (Å²) in [5, 5.41) is 10.6. The van der Waals surface area contributed by atoms with Crippen LogP contribution in [-0.4, -0.2) is 10.1 Å². The zero-order valence-corrected chi connectivity index (χ0v) is 9.62. The van der Waals surface area contributed by atoms with Crippen LogP contribution in [0.2, 0.25) is 0 Å². The highest BCUT2D eigenvalue weighted by atomic mass is 19.1. The average molecular weight is 223 g/mol. The van der Waals surface area contributed by atoms with Crippen LogP contribution in [0.5, 0.6) is 0 Å². The molecule has 1 aromatic heterocycles. The minimum absolute atomic E-state index is 0.371. The lowest BCUT2D eigenvalue weighted by Gasteiger charge is -2.36. The summed E-state index contributed by atoms with van der Waals surface area (Å²) in [4.78, 5) is 3.82. The summed E-state index contributed by atoms with van der Waals surface area (Å²) in [6.07, 6.45) is 7.45. The van der Waals surface area contributed by atoms with Crippen molar-refractivity contribution in [2.75, 3.05) is 0 Å². The van der Waals surface area contributed by atoms with Gasteiger partial charge in [0.2, 0.25) is 0 Å². The van der Waals surface area contributed by atoms with Crippen molar-refractivity contribution in [1.29, 1.82) is 0 Å². The third kappa shape index (κ3) is 2.24. The predicted molar refractivity (Wildman–Crippen MR) is 60.3 cm³/mol. The highest BCUT2D eigenvalue weighted by Crippen LogP contribution is 2.40. The van der Waals surface area contributed by atoms with Gasteiger partial charge in [-0.15, -0.1) is 0 Å². The first-order valence-electron chi connectivity index (χ1n) is 5.97. The highest BCUT2D eigenvalue weighted by molar-refractivity contribution is 5.19. The van der Waals surface area contributed by atoms with Gasteiger partial charge < -0.3 is 5.11 Å². The molecule has 0 saturated heterocycles. The minimum atomic E-state index is -0.867. The lowest BCUT2D eigenvalue weighted by molar-refractivity contribution is -0.0222. The molecule has 0 amide bonds. The lowest BCUT2D eigenvalue weighted by atomic mass is 9.74. The molecular weight excluding hydrogens is 205 g/mol. The number of hydrogen-bond donors (Lipinski definition) is 1. The van der Waals surface area contributed by atoms with Gasteiger partial charge in [-0.05, 0) is 31.2 Å².